The van der Waals surface area contributed by atoms with Crippen molar-refractivity contribution in [2.75, 3.05) is 7.11 Å². The Morgan fingerprint density at radius 2 is 1.84 bits per heavy atom. The molecule has 0 aromatic carbocycles. The average Bonchev–Trinajstić information content (AvgIpc) is 2.84. The van der Waals surface area contributed by atoms with Crippen molar-refractivity contribution in [2.45, 2.75) is 54.9 Å². The molecule has 0 aliphatic carbocycles. The van der Waals surface area contributed by atoms with Gasteiger partial charge in [-0.3, -0.25) is 0 Å². The van der Waals surface area contributed by atoms with Gasteiger partial charge in [0.1, 0.15) is 0 Å². The Hall–Kier alpha value is -1.51. The summed E-state index contributed by atoms with van der Waals surface area (Å²) in [5, 5.41) is 3.98. The van der Waals surface area contributed by atoms with Gasteiger partial charge in [0.25, 0.3) is 0 Å². The fraction of sp³-hybridized carbons (Fsp3) is 0.562. The van der Waals surface area contributed by atoms with Gasteiger partial charge in [-0.15, -0.1) is 0 Å². The van der Waals surface area contributed by atoms with Crippen LogP contribution in [0.3, 0.4) is 0 Å². The number of rotatable bonds is 4. The highest BCUT2D eigenvalue weighted by Crippen LogP contribution is 2.22. The van der Waals surface area contributed by atoms with E-state index in [2.05, 4.69) is 11.7 Å². The largest absolute Gasteiger partial charge is 0.501 e. The number of ether oxygens (including phenoxy) is 1. The van der Waals surface area contributed by atoms with Gasteiger partial charge in [-0.25, -0.2) is 0 Å². The third-order valence-electron chi connectivity index (χ3n) is 2.35. The highest BCUT2D eigenvalue weighted by atomic mass is 16.5. The standard InChI is InChI=1S/C12H17NO2.2C2H6/c1-6-11-10(4)12(15-13-11)8(2)7-9(3)14-5;2*1-2/h7H,2,6H2,1,3-5H3;2*1-2H3/b9-7+;;. The molecule has 1 aromatic rings. The first-order chi connectivity index (χ1) is 9.10. The predicted octanol–water partition coefficient (Wildman–Crippen LogP) is 5.16. The number of aryl methyl sites for hydroxylation is 1. The Morgan fingerprint density at radius 1 is 1.32 bits per heavy atom. The molecular weight excluding hydrogens is 238 g/mol. The monoisotopic (exact) mass is 267 g/mol. The predicted molar refractivity (Wildman–Crippen MR) is 83.1 cm³/mol. The van der Waals surface area contributed by atoms with Gasteiger partial charge in [-0.2, -0.15) is 0 Å². The second-order valence-corrected chi connectivity index (χ2v) is 3.42. The molecule has 3 nitrogen and oxygen atoms in total. The number of aromatic nitrogens is 1. The molecule has 0 saturated carbocycles. The van der Waals surface area contributed by atoms with Crippen molar-refractivity contribution >= 4 is 5.57 Å². The second-order valence-electron chi connectivity index (χ2n) is 3.42. The van der Waals surface area contributed by atoms with Crippen LogP contribution in [0.4, 0.5) is 0 Å². The van der Waals surface area contributed by atoms with Crippen molar-refractivity contribution < 1.29 is 9.26 Å². The highest BCUT2D eigenvalue weighted by molar-refractivity contribution is 5.71. The van der Waals surface area contributed by atoms with Crippen LogP contribution in [0.1, 0.15) is 58.6 Å². The van der Waals surface area contributed by atoms with Crippen LogP contribution < -0.4 is 0 Å². The van der Waals surface area contributed by atoms with Crippen molar-refractivity contribution in [3.8, 4) is 0 Å². The molecule has 1 rings (SSSR count). The maximum absolute atomic E-state index is 5.24. The van der Waals surface area contributed by atoms with E-state index in [4.69, 9.17) is 9.26 Å². The Morgan fingerprint density at radius 3 is 2.21 bits per heavy atom. The third-order valence-corrected chi connectivity index (χ3v) is 2.35. The minimum atomic E-state index is 0.739. The van der Waals surface area contributed by atoms with Crippen molar-refractivity contribution in [2.24, 2.45) is 0 Å². The lowest BCUT2D eigenvalue weighted by Gasteiger charge is -2.00. The molecule has 19 heavy (non-hydrogen) atoms. The van der Waals surface area contributed by atoms with E-state index >= 15 is 0 Å². The molecule has 110 valence electrons. The van der Waals surface area contributed by atoms with Gasteiger partial charge in [-0.1, -0.05) is 46.4 Å². The molecule has 0 aliphatic heterocycles. The van der Waals surface area contributed by atoms with Crippen molar-refractivity contribution in [1.82, 2.24) is 5.16 Å². The van der Waals surface area contributed by atoms with E-state index in [-0.39, 0.29) is 0 Å². The van der Waals surface area contributed by atoms with Crippen LogP contribution in [0.15, 0.2) is 22.9 Å². The van der Waals surface area contributed by atoms with Crippen LogP contribution in [-0.4, -0.2) is 12.3 Å². The molecule has 1 aromatic heterocycles. The first-order valence-electron chi connectivity index (χ1n) is 6.96. The molecular formula is C16H29NO2. The normalized spacial score (nSPS) is 9.79. The number of nitrogens with zero attached hydrogens (tertiary/aromatic N) is 1. The van der Waals surface area contributed by atoms with E-state index in [9.17, 15) is 0 Å². The van der Waals surface area contributed by atoms with E-state index < -0.39 is 0 Å². The fourth-order valence-electron chi connectivity index (χ4n) is 1.37. The molecule has 0 unspecified atom stereocenters. The summed E-state index contributed by atoms with van der Waals surface area (Å²) < 4.78 is 10.3. The molecule has 0 atom stereocenters. The molecule has 0 bridgehead atoms. The minimum Gasteiger partial charge on any atom is -0.501 e. The maximum Gasteiger partial charge on any atom is 0.169 e. The fourth-order valence-corrected chi connectivity index (χ4v) is 1.37. The Balaban J connectivity index is 0. The summed E-state index contributed by atoms with van der Waals surface area (Å²) in [4.78, 5) is 0. The van der Waals surface area contributed by atoms with Gasteiger partial charge in [0.05, 0.1) is 18.6 Å². The molecule has 0 fully saturated rings. The zero-order valence-corrected chi connectivity index (χ0v) is 13.8. The molecule has 0 spiro atoms. The molecule has 0 amide bonds. The minimum absolute atomic E-state index is 0.739. The van der Waals surface area contributed by atoms with Gasteiger partial charge in [0.2, 0.25) is 0 Å². The van der Waals surface area contributed by atoms with Crippen molar-refractivity contribution in [1.29, 1.82) is 0 Å². The lowest BCUT2D eigenvalue weighted by molar-refractivity contribution is 0.294. The van der Waals surface area contributed by atoms with Gasteiger partial charge in [0, 0.05) is 11.1 Å². The number of hydrogen-bond donors (Lipinski definition) is 0. The van der Waals surface area contributed by atoms with Crippen LogP contribution in [-0.2, 0) is 11.2 Å². The Bertz CT molecular complexity index is 389. The van der Waals surface area contributed by atoms with E-state index in [1.807, 2.05) is 54.5 Å². The lowest BCUT2D eigenvalue weighted by Crippen LogP contribution is -1.86. The Kier molecular flexibility index (Phi) is 12.1. The van der Waals surface area contributed by atoms with Crippen LogP contribution in [0.25, 0.3) is 5.57 Å². The SMILES string of the molecule is C=C(/C=C(\C)OC)c1onc(CC)c1C.CC.CC. The molecule has 1 heterocycles. The first-order valence-corrected chi connectivity index (χ1v) is 6.96. The van der Waals surface area contributed by atoms with E-state index in [1.54, 1.807) is 7.11 Å². The summed E-state index contributed by atoms with van der Waals surface area (Å²) in [6.07, 6.45) is 2.71. The van der Waals surface area contributed by atoms with E-state index in [0.717, 1.165) is 34.8 Å². The lowest BCUT2D eigenvalue weighted by atomic mass is 10.1. The smallest absolute Gasteiger partial charge is 0.169 e. The zero-order valence-electron chi connectivity index (χ0n) is 13.8. The van der Waals surface area contributed by atoms with Crippen LogP contribution in [0.2, 0.25) is 0 Å². The van der Waals surface area contributed by atoms with E-state index in [1.165, 1.54) is 0 Å². The maximum atomic E-state index is 5.24. The summed E-state index contributed by atoms with van der Waals surface area (Å²) in [5.74, 6) is 1.54. The van der Waals surface area contributed by atoms with Gasteiger partial charge in [0.15, 0.2) is 5.76 Å². The summed E-state index contributed by atoms with van der Waals surface area (Å²) in [5.41, 5.74) is 2.83. The quantitative estimate of drug-likeness (QED) is 0.558. The van der Waals surface area contributed by atoms with Crippen molar-refractivity contribution in [3.05, 3.63) is 35.4 Å². The van der Waals surface area contributed by atoms with Gasteiger partial charge < -0.3 is 9.26 Å². The summed E-state index contributed by atoms with van der Waals surface area (Å²) in [6.45, 7) is 17.8. The van der Waals surface area contributed by atoms with Crippen LogP contribution in [0, 0.1) is 6.92 Å². The topological polar surface area (TPSA) is 35.3 Å². The molecule has 0 aliphatic rings. The third kappa shape index (κ3) is 6.27. The summed E-state index contributed by atoms with van der Waals surface area (Å²) in [6, 6.07) is 0. The summed E-state index contributed by atoms with van der Waals surface area (Å²) in [7, 11) is 1.63. The first kappa shape index (κ1) is 19.8. The van der Waals surface area contributed by atoms with Crippen LogP contribution >= 0.6 is 0 Å². The average molecular weight is 267 g/mol. The number of methoxy groups -OCH3 is 1. The summed E-state index contributed by atoms with van der Waals surface area (Å²) >= 11 is 0. The van der Waals surface area contributed by atoms with Crippen molar-refractivity contribution in [3.63, 3.8) is 0 Å². The van der Waals surface area contributed by atoms with E-state index in [0.29, 0.717) is 0 Å². The van der Waals surface area contributed by atoms with Gasteiger partial charge in [-0.05, 0) is 26.3 Å². The molecule has 3 heteroatoms. The Labute approximate surface area is 118 Å². The molecule has 0 saturated heterocycles. The second kappa shape index (κ2) is 11.6. The van der Waals surface area contributed by atoms with Gasteiger partial charge >= 0.3 is 0 Å². The zero-order chi connectivity index (χ0) is 15.4. The molecule has 0 radical (unpaired) electrons. The van der Waals surface area contributed by atoms with Crippen LogP contribution in [0.5, 0.6) is 0 Å². The number of allylic oxidation sites excluding steroid dienone is 3. The molecule has 0 N–H and O–H groups in total. The number of hydrogen-bond acceptors (Lipinski definition) is 3. The highest BCUT2D eigenvalue weighted by Gasteiger charge is 2.11.